The first-order valence-corrected chi connectivity index (χ1v) is 11.0. The Morgan fingerprint density at radius 1 is 1.15 bits per heavy atom. The van der Waals surface area contributed by atoms with Crippen LogP contribution in [0.1, 0.15) is 33.8 Å². The summed E-state index contributed by atoms with van der Waals surface area (Å²) in [5.74, 6) is 2.61. The zero-order valence-electron chi connectivity index (χ0n) is 14.9. The number of fused-ring (bicyclic) bond motifs is 1. The van der Waals surface area contributed by atoms with Crippen LogP contribution in [0.25, 0.3) is 0 Å². The number of ether oxygens (including phenoxy) is 1. The molecule has 0 spiro atoms. The molecule has 140 valence electrons. The molecule has 0 bridgehead atoms. The third-order valence-electron chi connectivity index (χ3n) is 4.44. The van der Waals surface area contributed by atoms with E-state index in [-0.39, 0.29) is 11.8 Å². The van der Waals surface area contributed by atoms with Crippen LogP contribution in [-0.2, 0) is 4.79 Å². The van der Waals surface area contributed by atoms with Crippen molar-refractivity contribution in [2.24, 2.45) is 0 Å². The lowest BCUT2D eigenvalue weighted by atomic mass is 10.1. The smallest absolute Gasteiger partial charge is 0.265 e. The minimum absolute atomic E-state index is 0.179. The highest BCUT2D eigenvalue weighted by Crippen LogP contribution is 2.43. The fourth-order valence-electron chi connectivity index (χ4n) is 2.96. The van der Waals surface area contributed by atoms with Crippen molar-refractivity contribution in [2.45, 2.75) is 24.0 Å². The second-order valence-electron chi connectivity index (χ2n) is 6.46. The average molecular weight is 401 g/mol. The van der Waals surface area contributed by atoms with Crippen LogP contribution >= 0.6 is 23.5 Å². The Balaban J connectivity index is 1.44. The molecule has 2 heterocycles. The number of amides is 2. The summed E-state index contributed by atoms with van der Waals surface area (Å²) in [6.07, 6.45) is 0.745. The van der Waals surface area contributed by atoms with E-state index < -0.39 is 6.10 Å². The third-order valence-corrected chi connectivity index (χ3v) is 7.46. The van der Waals surface area contributed by atoms with Crippen molar-refractivity contribution < 1.29 is 14.3 Å². The van der Waals surface area contributed by atoms with Crippen LogP contribution in [0.3, 0.4) is 0 Å². The van der Waals surface area contributed by atoms with Crippen molar-refractivity contribution in [2.75, 3.05) is 22.1 Å². The largest absolute Gasteiger partial charge is 0.479 e. The highest BCUT2D eigenvalue weighted by molar-refractivity contribution is 8.16. The lowest BCUT2D eigenvalue weighted by Gasteiger charge is -2.23. The maximum absolute atomic E-state index is 12.5. The Hall–Kier alpha value is -2.12. The molecule has 5 nitrogen and oxygen atoms in total. The zero-order valence-corrected chi connectivity index (χ0v) is 16.5. The number of nitrogens with one attached hydrogen (secondary N) is 2. The third kappa shape index (κ3) is 4.09. The van der Waals surface area contributed by atoms with Crippen LogP contribution in [0.5, 0.6) is 5.75 Å². The molecule has 2 aliphatic rings. The lowest BCUT2D eigenvalue weighted by molar-refractivity contribution is -0.122. The van der Waals surface area contributed by atoms with Crippen LogP contribution in [0, 0.1) is 0 Å². The molecule has 0 unspecified atom stereocenters. The molecular weight excluding hydrogens is 380 g/mol. The van der Waals surface area contributed by atoms with Gasteiger partial charge in [-0.05, 0) is 60.7 Å². The van der Waals surface area contributed by atoms with Gasteiger partial charge in [-0.15, -0.1) is 23.5 Å². The molecule has 2 N–H and O–H groups in total. The predicted octanol–water partition coefficient (Wildman–Crippen LogP) is 4.53. The van der Waals surface area contributed by atoms with E-state index in [4.69, 9.17) is 4.74 Å². The van der Waals surface area contributed by atoms with E-state index in [0.29, 0.717) is 27.3 Å². The van der Waals surface area contributed by atoms with E-state index >= 15 is 0 Å². The summed E-state index contributed by atoms with van der Waals surface area (Å²) < 4.78 is 5.99. The number of anilines is 2. The molecule has 1 fully saturated rings. The van der Waals surface area contributed by atoms with Crippen molar-refractivity contribution in [3.8, 4) is 5.75 Å². The quantitative estimate of drug-likeness (QED) is 0.792. The fraction of sp³-hybridized carbons (Fsp3) is 0.300. The second-order valence-corrected chi connectivity index (χ2v) is 9.19. The first-order valence-electron chi connectivity index (χ1n) is 8.86. The van der Waals surface area contributed by atoms with Crippen LogP contribution in [0.4, 0.5) is 11.4 Å². The lowest BCUT2D eigenvalue weighted by Crippen LogP contribution is -2.34. The SMILES string of the molecule is C[C@@H]1Oc2ccc(NC(=O)c3ccc(C4SCCCS4)cc3)cc2NC1=O. The summed E-state index contributed by atoms with van der Waals surface area (Å²) in [5.41, 5.74) is 3.04. The summed E-state index contributed by atoms with van der Waals surface area (Å²) in [6.45, 7) is 1.70. The van der Waals surface area contributed by atoms with E-state index in [1.165, 1.54) is 23.5 Å². The number of benzene rings is 2. The Bertz CT molecular complexity index is 864. The molecule has 2 amide bonds. The standard InChI is InChI=1S/C20H20N2O3S2/c1-12-18(23)22-16-11-15(7-8-17(16)25-12)21-19(24)13-3-5-14(6-4-13)20-26-9-2-10-27-20/h3-8,11-12,20H,2,9-10H2,1H3,(H,21,24)(H,22,23)/t12-/m0/s1. The van der Waals surface area contributed by atoms with Crippen LogP contribution in [-0.4, -0.2) is 29.4 Å². The van der Waals surface area contributed by atoms with Crippen molar-refractivity contribution in [1.82, 2.24) is 0 Å². The molecule has 2 aromatic carbocycles. The van der Waals surface area contributed by atoms with Crippen molar-refractivity contribution in [3.63, 3.8) is 0 Å². The zero-order chi connectivity index (χ0) is 18.8. The van der Waals surface area contributed by atoms with Gasteiger partial charge in [0.25, 0.3) is 11.8 Å². The number of carbonyl (C=O) groups excluding carboxylic acids is 2. The molecule has 0 aromatic heterocycles. The number of rotatable bonds is 3. The van der Waals surface area contributed by atoms with E-state index in [2.05, 4.69) is 10.6 Å². The molecule has 2 aliphatic heterocycles. The van der Waals surface area contributed by atoms with Gasteiger partial charge in [0.05, 0.1) is 10.3 Å². The van der Waals surface area contributed by atoms with Gasteiger partial charge in [-0.3, -0.25) is 9.59 Å². The fourth-order valence-corrected chi connectivity index (χ4v) is 5.86. The monoisotopic (exact) mass is 400 g/mol. The van der Waals surface area contributed by atoms with E-state index in [0.717, 1.165) is 0 Å². The van der Waals surface area contributed by atoms with Gasteiger partial charge in [-0.2, -0.15) is 0 Å². The summed E-state index contributed by atoms with van der Waals surface area (Å²) >= 11 is 3.93. The van der Waals surface area contributed by atoms with Crippen molar-refractivity contribution in [1.29, 1.82) is 0 Å². The Morgan fingerprint density at radius 2 is 1.89 bits per heavy atom. The number of hydrogen-bond donors (Lipinski definition) is 2. The molecule has 7 heteroatoms. The summed E-state index contributed by atoms with van der Waals surface area (Å²) in [5, 5.41) is 5.66. The van der Waals surface area contributed by atoms with E-state index in [9.17, 15) is 9.59 Å². The molecule has 27 heavy (non-hydrogen) atoms. The Kier molecular flexibility index (Phi) is 5.31. The normalized spacial score (nSPS) is 19.6. The molecule has 1 atom stereocenters. The van der Waals surface area contributed by atoms with Gasteiger partial charge < -0.3 is 15.4 Å². The Morgan fingerprint density at radius 3 is 2.63 bits per heavy atom. The van der Waals surface area contributed by atoms with Gasteiger partial charge in [-0.25, -0.2) is 0 Å². The van der Waals surface area contributed by atoms with Crippen LogP contribution < -0.4 is 15.4 Å². The van der Waals surface area contributed by atoms with Crippen LogP contribution in [0.2, 0.25) is 0 Å². The first-order chi connectivity index (χ1) is 13.1. The van der Waals surface area contributed by atoms with E-state index in [1.807, 2.05) is 47.8 Å². The van der Waals surface area contributed by atoms with Gasteiger partial charge in [-0.1, -0.05) is 12.1 Å². The number of hydrogen-bond acceptors (Lipinski definition) is 5. The minimum atomic E-state index is -0.517. The maximum Gasteiger partial charge on any atom is 0.265 e. The van der Waals surface area contributed by atoms with Crippen LogP contribution in [0.15, 0.2) is 42.5 Å². The maximum atomic E-state index is 12.5. The highest BCUT2D eigenvalue weighted by atomic mass is 32.2. The Labute approximate surface area is 166 Å². The number of carbonyl (C=O) groups is 2. The molecule has 1 saturated heterocycles. The molecule has 2 aromatic rings. The van der Waals surface area contributed by atoms with Gasteiger partial charge >= 0.3 is 0 Å². The molecule has 0 saturated carbocycles. The van der Waals surface area contributed by atoms with E-state index in [1.54, 1.807) is 25.1 Å². The summed E-state index contributed by atoms with van der Waals surface area (Å²) in [7, 11) is 0. The van der Waals surface area contributed by atoms with Gasteiger partial charge in [0.1, 0.15) is 5.75 Å². The summed E-state index contributed by atoms with van der Waals surface area (Å²) in [4.78, 5) is 24.3. The van der Waals surface area contributed by atoms with Gasteiger partial charge in [0.2, 0.25) is 0 Å². The number of thioether (sulfide) groups is 2. The predicted molar refractivity (Wildman–Crippen MR) is 112 cm³/mol. The van der Waals surface area contributed by atoms with Crippen molar-refractivity contribution >= 4 is 46.7 Å². The average Bonchev–Trinajstić information content (AvgIpc) is 2.70. The molecular formula is C20H20N2O3S2. The molecule has 0 aliphatic carbocycles. The molecule has 0 radical (unpaired) electrons. The molecule has 4 rings (SSSR count). The minimum Gasteiger partial charge on any atom is -0.479 e. The van der Waals surface area contributed by atoms with Gasteiger partial charge in [0, 0.05) is 11.3 Å². The highest BCUT2D eigenvalue weighted by Gasteiger charge is 2.24. The summed E-state index contributed by atoms with van der Waals surface area (Å²) in [6, 6.07) is 13.0. The first kappa shape index (κ1) is 18.3. The van der Waals surface area contributed by atoms with Crippen molar-refractivity contribution in [3.05, 3.63) is 53.6 Å². The topological polar surface area (TPSA) is 67.4 Å². The second kappa shape index (κ2) is 7.86. The van der Waals surface area contributed by atoms with Gasteiger partial charge in [0.15, 0.2) is 6.10 Å².